The highest BCUT2D eigenvalue weighted by Gasteiger charge is 2.22. The van der Waals surface area contributed by atoms with E-state index in [1.54, 1.807) is 6.20 Å². The van der Waals surface area contributed by atoms with Gasteiger partial charge in [0.25, 0.3) is 0 Å². The maximum atomic E-state index is 14.0. The molecule has 2 heterocycles. The lowest BCUT2D eigenvalue weighted by Gasteiger charge is -2.15. The number of nitrogens with one attached hydrogen (secondary N) is 3. The van der Waals surface area contributed by atoms with E-state index in [9.17, 15) is 8.78 Å². The zero-order valence-corrected chi connectivity index (χ0v) is 15.9. The third kappa shape index (κ3) is 3.91. The minimum atomic E-state index is -0.881. The number of halogens is 2. The summed E-state index contributed by atoms with van der Waals surface area (Å²) in [4.78, 5) is 8.89. The molecule has 3 N–H and O–H groups in total. The van der Waals surface area contributed by atoms with Gasteiger partial charge in [0.15, 0.2) is 29.0 Å². The van der Waals surface area contributed by atoms with Crippen molar-refractivity contribution in [2.24, 2.45) is 0 Å². The molecule has 1 fully saturated rings. The average molecular weight is 411 g/mol. The molecule has 0 radical (unpaired) electrons. The molecular weight excluding hydrogens is 392 g/mol. The number of hydrogen-bond donors (Lipinski definition) is 3. The van der Waals surface area contributed by atoms with Crippen molar-refractivity contribution in [3.63, 3.8) is 0 Å². The Balaban J connectivity index is 1.40. The van der Waals surface area contributed by atoms with Gasteiger partial charge in [-0.3, -0.25) is 0 Å². The van der Waals surface area contributed by atoms with Gasteiger partial charge in [0.1, 0.15) is 0 Å². The first-order valence-electron chi connectivity index (χ1n) is 9.63. The van der Waals surface area contributed by atoms with Crippen LogP contribution in [0.5, 0.6) is 11.5 Å². The van der Waals surface area contributed by atoms with E-state index >= 15 is 0 Å². The fourth-order valence-corrected chi connectivity index (χ4v) is 3.07. The van der Waals surface area contributed by atoms with Crippen molar-refractivity contribution in [1.82, 2.24) is 9.97 Å². The summed E-state index contributed by atoms with van der Waals surface area (Å²) >= 11 is 0. The Morgan fingerprint density at radius 1 is 1.07 bits per heavy atom. The Morgan fingerprint density at radius 2 is 1.93 bits per heavy atom. The number of anilines is 4. The average Bonchev–Trinajstić information content (AvgIpc) is 3.43. The minimum Gasteiger partial charge on any atom is -0.454 e. The molecule has 1 saturated carbocycles. The van der Waals surface area contributed by atoms with Gasteiger partial charge in [0.2, 0.25) is 12.7 Å². The number of fused-ring (bicyclic) bond motifs is 1. The Labute approximate surface area is 171 Å². The van der Waals surface area contributed by atoms with E-state index in [2.05, 4.69) is 25.9 Å². The number of rotatable bonds is 7. The van der Waals surface area contributed by atoms with Gasteiger partial charge in [-0.2, -0.15) is 4.98 Å². The predicted octanol–water partition coefficient (Wildman–Crippen LogP) is 4.41. The van der Waals surface area contributed by atoms with E-state index < -0.39 is 11.6 Å². The first-order valence-corrected chi connectivity index (χ1v) is 9.63. The molecule has 0 bridgehead atoms. The van der Waals surface area contributed by atoms with Gasteiger partial charge < -0.3 is 25.4 Å². The predicted molar refractivity (Wildman–Crippen MR) is 108 cm³/mol. The van der Waals surface area contributed by atoms with Crippen LogP contribution in [-0.2, 0) is 6.54 Å². The van der Waals surface area contributed by atoms with Gasteiger partial charge in [-0.25, -0.2) is 13.8 Å². The molecule has 0 unspecified atom stereocenters. The lowest BCUT2D eigenvalue weighted by molar-refractivity contribution is 0.174. The van der Waals surface area contributed by atoms with Crippen molar-refractivity contribution >= 4 is 23.1 Å². The van der Waals surface area contributed by atoms with E-state index in [1.165, 1.54) is 12.1 Å². The lowest BCUT2D eigenvalue weighted by atomic mass is 10.2. The first-order chi connectivity index (χ1) is 14.7. The van der Waals surface area contributed by atoms with Crippen LogP contribution in [0.1, 0.15) is 18.4 Å². The Bertz CT molecular complexity index is 1090. The molecule has 2 aromatic carbocycles. The van der Waals surface area contributed by atoms with Crippen LogP contribution >= 0.6 is 0 Å². The van der Waals surface area contributed by atoms with E-state index in [-0.39, 0.29) is 18.9 Å². The first kappa shape index (κ1) is 18.4. The summed E-state index contributed by atoms with van der Waals surface area (Å²) in [5, 5.41) is 9.59. The molecule has 30 heavy (non-hydrogen) atoms. The van der Waals surface area contributed by atoms with Crippen LogP contribution in [0.3, 0.4) is 0 Å². The van der Waals surface area contributed by atoms with Gasteiger partial charge in [-0.05, 0) is 31.0 Å². The summed E-state index contributed by atoms with van der Waals surface area (Å²) < 4.78 is 38.2. The number of benzene rings is 2. The molecule has 154 valence electrons. The zero-order valence-electron chi connectivity index (χ0n) is 15.9. The molecule has 1 aliphatic carbocycles. The zero-order chi connectivity index (χ0) is 20.5. The molecular formula is C21H19F2N5O2. The molecule has 0 atom stereocenters. The largest absolute Gasteiger partial charge is 0.454 e. The monoisotopic (exact) mass is 411 g/mol. The second-order valence-corrected chi connectivity index (χ2v) is 7.13. The molecule has 7 nitrogen and oxygen atoms in total. The van der Waals surface area contributed by atoms with E-state index in [0.29, 0.717) is 35.0 Å². The third-order valence-corrected chi connectivity index (χ3v) is 4.84. The third-order valence-electron chi connectivity index (χ3n) is 4.84. The normalized spacial score (nSPS) is 14.5. The lowest BCUT2D eigenvalue weighted by Crippen LogP contribution is -2.10. The smallest absolute Gasteiger partial charge is 0.231 e. The van der Waals surface area contributed by atoms with Gasteiger partial charge in [0, 0.05) is 29.9 Å². The molecule has 9 heteroatoms. The second-order valence-electron chi connectivity index (χ2n) is 7.13. The van der Waals surface area contributed by atoms with Crippen molar-refractivity contribution in [3.8, 4) is 11.5 Å². The molecule has 1 aromatic heterocycles. The van der Waals surface area contributed by atoms with E-state index in [4.69, 9.17) is 9.47 Å². The highest BCUT2D eigenvalue weighted by Crippen LogP contribution is 2.36. The molecule has 3 aromatic rings. The topological polar surface area (TPSA) is 80.3 Å². The summed E-state index contributed by atoms with van der Waals surface area (Å²) in [7, 11) is 0. The Morgan fingerprint density at radius 3 is 2.80 bits per heavy atom. The molecule has 0 saturated heterocycles. The molecule has 1 aliphatic heterocycles. The van der Waals surface area contributed by atoms with Crippen molar-refractivity contribution in [3.05, 3.63) is 59.8 Å². The Kier molecular flexibility index (Phi) is 4.70. The van der Waals surface area contributed by atoms with Crippen LogP contribution in [0, 0.1) is 11.6 Å². The van der Waals surface area contributed by atoms with Crippen LogP contribution in [0.2, 0.25) is 0 Å². The SMILES string of the molecule is Fc1cccc(CNc2cnc(NC3CC3)nc2Nc2ccc3c(c2)OCO3)c1F. The second kappa shape index (κ2) is 7.66. The molecule has 0 spiro atoms. The quantitative estimate of drug-likeness (QED) is 0.531. The van der Waals surface area contributed by atoms with Gasteiger partial charge in [0.05, 0.1) is 11.9 Å². The highest BCUT2D eigenvalue weighted by molar-refractivity contribution is 5.72. The number of ether oxygens (including phenoxy) is 2. The Hall–Kier alpha value is -3.62. The van der Waals surface area contributed by atoms with Crippen molar-refractivity contribution in [2.75, 3.05) is 22.7 Å². The van der Waals surface area contributed by atoms with Crippen LogP contribution in [-0.4, -0.2) is 22.8 Å². The van der Waals surface area contributed by atoms with Gasteiger partial charge >= 0.3 is 0 Å². The molecule has 2 aliphatic rings. The van der Waals surface area contributed by atoms with Crippen molar-refractivity contribution in [2.45, 2.75) is 25.4 Å². The van der Waals surface area contributed by atoms with Crippen molar-refractivity contribution in [1.29, 1.82) is 0 Å². The summed E-state index contributed by atoms with van der Waals surface area (Å²) in [6.45, 7) is 0.270. The summed E-state index contributed by atoms with van der Waals surface area (Å²) in [6.07, 6.45) is 3.80. The molecule has 5 rings (SSSR count). The number of aromatic nitrogens is 2. The van der Waals surface area contributed by atoms with Crippen LogP contribution in [0.15, 0.2) is 42.6 Å². The summed E-state index contributed by atoms with van der Waals surface area (Å²) in [6, 6.07) is 9.95. The maximum Gasteiger partial charge on any atom is 0.231 e. The van der Waals surface area contributed by atoms with Crippen LogP contribution in [0.25, 0.3) is 0 Å². The maximum absolute atomic E-state index is 14.0. The summed E-state index contributed by atoms with van der Waals surface area (Å²) in [5.41, 5.74) is 1.51. The van der Waals surface area contributed by atoms with Crippen molar-refractivity contribution < 1.29 is 18.3 Å². The number of nitrogens with zero attached hydrogens (tertiary/aromatic N) is 2. The fraction of sp³-hybridized carbons (Fsp3) is 0.238. The van der Waals surface area contributed by atoms with E-state index in [0.717, 1.165) is 24.6 Å². The molecule has 0 amide bonds. The van der Waals surface area contributed by atoms with Crippen LogP contribution in [0.4, 0.5) is 31.9 Å². The standard InChI is InChI=1S/C21H19F2N5O2/c22-15-3-1-2-12(19(15)23)9-24-16-10-25-21(27-13-4-5-13)28-20(16)26-14-6-7-17-18(8-14)30-11-29-17/h1-3,6-8,10,13,24H,4-5,9,11H2,(H2,25,26,27,28). The number of hydrogen-bond acceptors (Lipinski definition) is 7. The van der Waals surface area contributed by atoms with E-state index in [1.807, 2.05) is 18.2 Å². The summed E-state index contributed by atoms with van der Waals surface area (Å²) in [5.74, 6) is 0.574. The van der Waals surface area contributed by atoms with Gasteiger partial charge in [-0.1, -0.05) is 12.1 Å². The fourth-order valence-electron chi connectivity index (χ4n) is 3.07. The van der Waals surface area contributed by atoms with Gasteiger partial charge in [-0.15, -0.1) is 0 Å². The minimum absolute atomic E-state index is 0.0815. The highest BCUT2D eigenvalue weighted by atomic mass is 19.2. The van der Waals surface area contributed by atoms with Crippen LogP contribution < -0.4 is 25.4 Å².